The number of ether oxygens (including phenoxy) is 2. The fraction of sp³-hybridized carbons (Fsp3) is 0.308. The van der Waals surface area contributed by atoms with Gasteiger partial charge in [-0.2, -0.15) is 13.2 Å². The molecule has 0 fully saturated rings. The van der Waals surface area contributed by atoms with E-state index in [4.69, 9.17) is 9.47 Å². The van der Waals surface area contributed by atoms with Crippen LogP contribution in [-0.2, 0) is 20.5 Å². The molecule has 1 atom stereocenters. The normalized spacial score (nSPS) is 18.4. The second kappa shape index (κ2) is 9.75. The average molecular weight is 471 g/mol. The molecule has 0 spiro atoms. The van der Waals surface area contributed by atoms with Gasteiger partial charge in [0.25, 0.3) is 0 Å². The lowest BCUT2D eigenvalue weighted by Gasteiger charge is -2.34. The van der Waals surface area contributed by atoms with Gasteiger partial charge in [0.15, 0.2) is 5.78 Å². The van der Waals surface area contributed by atoms with E-state index >= 15 is 0 Å². The van der Waals surface area contributed by atoms with Crippen molar-refractivity contribution in [3.8, 4) is 5.75 Å². The summed E-state index contributed by atoms with van der Waals surface area (Å²) in [7, 11) is 0. The number of hydrogen-bond donors (Lipinski definition) is 1. The summed E-state index contributed by atoms with van der Waals surface area (Å²) < 4.78 is 50.3. The molecule has 0 saturated carbocycles. The second-order valence-electron chi connectivity index (χ2n) is 8.18. The van der Waals surface area contributed by atoms with Crippen LogP contribution in [0, 0.1) is 0 Å². The van der Waals surface area contributed by atoms with Crippen LogP contribution in [0.5, 0.6) is 5.75 Å². The Morgan fingerprint density at radius 3 is 2.41 bits per heavy atom. The van der Waals surface area contributed by atoms with Crippen LogP contribution in [0.25, 0.3) is 0 Å². The summed E-state index contributed by atoms with van der Waals surface area (Å²) in [6.07, 6.45) is -2.86. The van der Waals surface area contributed by atoms with Gasteiger partial charge in [-0.05, 0) is 49.6 Å². The minimum atomic E-state index is -4.48. The fourth-order valence-electron chi connectivity index (χ4n) is 4.34. The summed E-state index contributed by atoms with van der Waals surface area (Å²) in [4.78, 5) is 26.0. The largest absolute Gasteiger partial charge is 0.490 e. The Labute approximate surface area is 195 Å². The van der Waals surface area contributed by atoms with Crippen molar-refractivity contribution in [1.82, 2.24) is 5.32 Å². The Morgan fingerprint density at radius 2 is 1.74 bits per heavy atom. The molecule has 1 N–H and O–H groups in total. The molecule has 1 heterocycles. The van der Waals surface area contributed by atoms with Crippen LogP contribution in [0.15, 0.2) is 77.1 Å². The number of nitrogens with one attached hydrogen (secondary N) is 1. The topological polar surface area (TPSA) is 64.6 Å². The Bertz CT molecular complexity index is 1130. The summed E-state index contributed by atoms with van der Waals surface area (Å²) in [5.74, 6) is -0.923. The average Bonchev–Trinajstić information content (AvgIpc) is 2.81. The number of dihydropyridines is 1. The van der Waals surface area contributed by atoms with Gasteiger partial charge < -0.3 is 14.8 Å². The van der Waals surface area contributed by atoms with Crippen LogP contribution in [0.2, 0.25) is 0 Å². The highest BCUT2D eigenvalue weighted by Gasteiger charge is 2.39. The molecule has 0 saturated heterocycles. The fourth-order valence-corrected chi connectivity index (χ4v) is 4.34. The highest BCUT2D eigenvalue weighted by atomic mass is 19.4. The molecular weight excluding hydrogens is 447 g/mol. The third kappa shape index (κ3) is 5.00. The van der Waals surface area contributed by atoms with Gasteiger partial charge in [0.1, 0.15) is 19.0 Å². The van der Waals surface area contributed by atoms with Gasteiger partial charge in [0, 0.05) is 29.3 Å². The van der Waals surface area contributed by atoms with E-state index in [-0.39, 0.29) is 24.6 Å². The number of rotatable bonds is 6. The van der Waals surface area contributed by atoms with E-state index in [1.807, 2.05) is 18.2 Å². The molecular formula is C26H24F3NO4. The van der Waals surface area contributed by atoms with Gasteiger partial charge in [0.2, 0.25) is 0 Å². The van der Waals surface area contributed by atoms with Crippen LogP contribution in [0.3, 0.4) is 0 Å². The SMILES string of the molecule is CC1=C(C(=O)OCCOc2ccccc2)C(c2ccc(C(F)(F)F)cc2)C2=C(CCCC2=O)N1. The Kier molecular flexibility index (Phi) is 6.77. The monoisotopic (exact) mass is 471 g/mol. The highest BCUT2D eigenvalue weighted by Crippen LogP contribution is 2.43. The molecule has 2 aromatic rings. The van der Waals surface area contributed by atoms with Crippen LogP contribution in [-0.4, -0.2) is 25.0 Å². The molecule has 178 valence electrons. The lowest BCUT2D eigenvalue weighted by molar-refractivity contribution is -0.140. The molecule has 0 bridgehead atoms. The Hall–Kier alpha value is -3.55. The van der Waals surface area contributed by atoms with E-state index in [1.165, 1.54) is 12.1 Å². The van der Waals surface area contributed by atoms with E-state index in [0.29, 0.717) is 47.5 Å². The number of carbonyl (C=O) groups is 2. The predicted molar refractivity (Wildman–Crippen MR) is 119 cm³/mol. The van der Waals surface area contributed by atoms with E-state index < -0.39 is 23.6 Å². The summed E-state index contributed by atoms with van der Waals surface area (Å²) in [5.41, 5.74) is 1.51. The minimum absolute atomic E-state index is 0.0237. The van der Waals surface area contributed by atoms with E-state index in [1.54, 1.807) is 19.1 Å². The zero-order valence-corrected chi connectivity index (χ0v) is 18.6. The first-order chi connectivity index (χ1) is 16.3. The van der Waals surface area contributed by atoms with Crippen LogP contribution >= 0.6 is 0 Å². The maximum atomic E-state index is 13.1. The molecule has 1 aliphatic heterocycles. The highest BCUT2D eigenvalue weighted by molar-refractivity contribution is 6.03. The number of allylic oxidation sites excluding steroid dienone is 3. The standard InChI is InChI=1S/C26H24F3NO4/c1-16-22(25(32)34-15-14-33-19-6-3-2-4-7-19)23(24-20(30-16)8-5-9-21(24)31)17-10-12-18(13-11-17)26(27,28)29/h2-4,6-7,10-13,23,30H,5,8-9,14-15H2,1H3. The molecule has 34 heavy (non-hydrogen) atoms. The van der Waals surface area contributed by atoms with Gasteiger partial charge >= 0.3 is 12.1 Å². The van der Waals surface area contributed by atoms with Crippen molar-refractivity contribution < 1.29 is 32.2 Å². The first kappa shape index (κ1) is 23.6. The number of ketones is 1. The van der Waals surface area contributed by atoms with Crippen molar-refractivity contribution in [2.45, 2.75) is 38.3 Å². The number of alkyl halides is 3. The predicted octanol–water partition coefficient (Wildman–Crippen LogP) is 5.30. The quantitative estimate of drug-likeness (QED) is 0.458. The van der Waals surface area contributed by atoms with Gasteiger partial charge in [-0.3, -0.25) is 4.79 Å². The van der Waals surface area contributed by atoms with Crippen molar-refractivity contribution in [1.29, 1.82) is 0 Å². The zero-order chi connectivity index (χ0) is 24.3. The van der Waals surface area contributed by atoms with Crippen molar-refractivity contribution in [3.63, 3.8) is 0 Å². The molecule has 1 unspecified atom stereocenters. The summed E-state index contributed by atoms with van der Waals surface area (Å²) in [6.45, 7) is 1.81. The third-order valence-electron chi connectivity index (χ3n) is 5.90. The number of esters is 1. The Balaban J connectivity index is 1.59. The number of Topliss-reactive ketones (excluding diaryl/α,β-unsaturated/α-hetero) is 1. The molecule has 0 aromatic heterocycles. The van der Waals surface area contributed by atoms with Crippen molar-refractivity contribution >= 4 is 11.8 Å². The molecule has 1 aliphatic carbocycles. The third-order valence-corrected chi connectivity index (χ3v) is 5.90. The van der Waals surface area contributed by atoms with Gasteiger partial charge in [-0.15, -0.1) is 0 Å². The van der Waals surface area contributed by atoms with E-state index in [9.17, 15) is 22.8 Å². The number of hydrogen-bond acceptors (Lipinski definition) is 5. The zero-order valence-electron chi connectivity index (χ0n) is 18.6. The first-order valence-electron chi connectivity index (χ1n) is 11.0. The molecule has 0 radical (unpaired) electrons. The molecule has 2 aliphatic rings. The van der Waals surface area contributed by atoms with Crippen LogP contribution < -0.4 is 10.1 Å². The van der Waals surface area contributed by atoms with Gasteiger partial charge in [-0.25, -0.2) is 4.79 Å². The van der Waals surface area contributed by atoms with Crippen molar-refractivity contribution in [2.75, 3.05) is 13.2 Å². The number of para-hydroxylation sites is 1. The minimum Gasteiger partial charge on any atom is -0.490 e. The molecule has 2 aromatic carbocycles. The van der Waals surface area contributed by atoms with Crippen LogP contribution in [0.1, 0.15) is 43.2 Å². The van der Waals surface area contributed by atoms with E-state index in [0.717, 1.165) is 12.1 Å². The molecule has 4 rings (SSSR count). The summed E-state index contributed by atoms with van der Waals surface area (Å²) >= 11 is 0. The lowest BCUT2D eigenvalue weighted by Crippen LogP contribution is -2.34. The number of benzene rings is 2. The smallest absolute Gasteiger partial charge is 0.416 e. The van der Waals surface area contributed by atoms with Crippen molar-refractivity contribution in [3.05, 3.63) is 88.3 Å². The van der Waals surface area contributed by atoms with Gasteiger partial charge in [0.05, 0.1) is 11.1 Å². The van der Waals surface area contributed by atoms with Gasteiger partial charge in [-0.1, -0.05) is 30.3 Å². The number of carbonyl (C=O) groups excluding carboxylic acids is 2. The summed E-state index contributed by atoms with van der Waals surface area (Å²) in [5, 5.41) is 3.16. The Morgan fingerprint density at radius 1 is 1.03 bits per heavy atom. The lowest BCUT2D eigenvalue weighted by atomic mass is 9.75. The molecule has 5 nitrogen and oxygen atoms in total. The molecule has 8 heteroatoms. The maximum absolute atomic E-state index is 13.1. The first-order valence-corrected chi connectivity index (χ1v) is 11.0. The summed E-state index contributed by atoms with van der Waals surface area (Å²) in [6, 6.07) is 13.7. The van der Waals surface area contributed by atoms with E-state index in [2.05, 4.69) is 5.32 Å². The maximum Gasteiger partial charge on any atom is 0.416 e. The molecule has 0 amide bonds. The van der Waals surface area contributed by atoms with Crippen LogP contribution in [0.4, 0.5) is 13.2 Å². The second-order valence-corrected chi connectivity index (χ2v) is 8.18. The van der Waals surface area contributed by atoms with Crippen molar-refractivity contribution in [2.24, 2.45) is 0 Å². The number of halogens is 3.